The number of benzene rings is 1. The van der Waals surface area contributed by atoms with Gasteiger partial charge in [-0.15, -0.1) is 0 Å². The SMILES string of the molecule is COc1ccc(Nc2nc(Cc3cnn(C4CCN(C(=O)OC(C)(C)C)CC4)c3)ncc2[N+](=O)[O-])cc1. The summed E-state index contributed by atoms with van der Waals surface area (Å²) in [6.45, 7) is 6.77. The van der Waals surface area contributed by atoms with Crippen molar-refractivity contribution >= 4 is 23.3 Å². The highest BCUT2D eigenvalue weighted by molar-refractivity contribution is 5.68. The van der Waals surface area contributed by atoms with Crippen LogP contribution in [-0.4, -0.2) is 61.5 Å². The van der Waals surface area contributed by atoms with Gasteiger partial charge in [-0.05, 0) is 63.4 Å². The number of carbonyl (C=O) groups excluding carboxylic acids is 1. The maximum Gasteiger partial charge on any atom is 0.410 e. The van der Waals surface area contributed by atoms with Gasteiger partial charge >= 0.3 is 11.8 Å². The molecule has 12 nitrogen and oxygen atoms in total. The number of anilines is 2. The van der Waals surface area contributed by atoms with Gasteiger partial charge in [0.2, 0.25) is 5.82 Å². The number of aromatic nitrogens is 4. The Balaban J connectivity index is 1.41. The molecule has 0 bridgehead atoms. The molecule has 0 atom stereocenters. The quantitative estimate of drug-likeness (QED) is 0.360. The van der Waals surface area contributed by atoms with Gasteiger partial charge in [0.05, 0.1) is 24.3 Å². The summed E-state index contributed by atoms with van der Waals surface area (Å²) in [7, 11) is 1.57. The minimum Gasteiger partial charge on any atom is -0.497 e. The topological polar surface area (TPSA) is 138 Å². The number of amides is 1. The molecule has 3 aromatic rings. The lowest BCUT2D eigenvalue weighted by Gasteiger charge is -2.33. The molecule has 1 saturated heterocycles. The highest BCUT2D eigenvalue weighted by atomic mass is 16.6. The standard InChI is InChI=1S/C25H31N7O5/c1-25(2,3)37-24(33)30-11-9-19(10-12-30)31-16-17(14-27-31)13-22-26-15-21(32(34)35)23(29-22)28-18-5-7-20(36-4)8-6-18/h5-8,14-16,19H,9-13H2,1-4H3,(H,26,28,29). The molecule has 1 aliphatic heterocycles. The molecule has 37 heavy (non-hydrogen) atoms. The summed E-state index contributed by atoms with van der Waals surface area (Å²) in [5.74, 6) is 1.22. The summed E-state index contributed by atoms with van der Waals surface area (Å²) in [6.07, 6.45) is 6.52. The zero-order valence-electron chi connectivity index (χ0n) is 21.4. The lowest BCUT2D eigenvalue weighted by molar-refractivity contribution is -0.384. The van der Waals surface area contributed by atoms with E-state index in [1.165, 1.54) is 6.20 Å². The second-order valence-electron chi connectivity index (χ2n) is 9.83. The van der Waals surface area contributed by atoms with Gasteiger partial charge in [0.25, 0.3) is 0 Å². The Kier molecular flexibility index (Phi) is 7.55. The Hall–Kier alpha value is -4.22. The normalized spacial score (nSPS) is 14.3. The number of hydrogen-bond acceptors (Lipinski definition) is 9. The number of piperidine rings is 1. The van der Waals surface area contributed by atoms with Crippen molar-refractivity contribution in [1.29, 1.82) is 0 Å². The Morgan fingerprint density at radius 1 is 1.19 bits per heavy atom. The minimum absolute atomic E-state index is 0.113. The average Bonchev–Trinajstić information content (AvgIpc) is 3.32. The maximum atomic E-state index is 12.3. The van der Waals surface area contributed by atoms with Gasteiger partial charge in [-0.1, -0.05) is 0 Å². The molecule has 0 aliphatic carbocycles. The van der Waals surface area contributed by atoms with Crippen molar-refractivity contribution in [1.82, 2.24) is 24.6 Å². The second kappa shape index (κ2) is 10.8. The molecule has 4 rings (SSSR count). The monoisotopic (exact) mass is 509 g/mol. The van der Waals surface area contributed by atoms with Crippen molar-refractivity contribution < 1.29 is 19.2 Å². The van der Waals surface area contributed by atoms with Crippen LogP contribution in [0.2, 0.25) is 0 Å². The number of ether oxygens (including phenoxy) is 2. The number of nitrogens with one attached hydrogen (secondary N) is 1. The zero-order valence-corrected chi connectivity index (χ0v) is 21.4. The van der Waals surface area contributed by atoms with Crippen LogP contribution >= 0.6 is 0 Å². The van der Waals surface area contributed by atoms with Crippen LogP contribution in [0.3, 0.4) is 0 Å². The van der Waals surface area contributed by atoms with Crippen molar-refractivity contribution in [3.63, 3.8) is 0 Å². The van der Waals surface area contributed by atoms with Crippen LogP contribution in [0.15, 0.2) is 42.9 Å². The Morgan fingerprint density at radius 2 is 1.89 bits per heavy atom. The fourth-order valence-corrected chi connectivity index (χ4v) is 4.02. The zero-order chi connectivity index (χ0) is 26.6. The van der Waals surface area contributed by atoms with Crippen molar-refractivity contribution in [2.75, 3.05) is 25.5 Å². The van der Waals surface area contributed by atoms with E-state index in [9.17, 15) is 14.9 Å². The van der Waals surface area contributed by atoms with E-state index in [0.29, 0.717) is 36.8 Å². The van der Waals surface area contributed by atoms with Crippen LogP contribution in [0.25, 0.3) is 0 Å². The molecule has 2 aromatic heterocycles. The number of hydrogen-bond donors (Lipinski definition) is 1. The lowest BCUT2D eigenvalue weighted by Crippen LogP contribution is -2.42. The molecule has 196 valence electrons. The van der Waals surface area contributed by atoms with Gasteiger partial charge in [-0.2, -0.15) is 5.10 Å². The molecule has 1 amide bonds. The highest BCUT2D eigenvalue weighted by Crippen LogP contribution is 2.27. The van der Waals surface area contributed by atoms with E-state index in [1.807, 2.05) is 31.6 Å². The van der Waals surface area contributed by atoms with E-state index >= 15 is 0 Å². The molecular formula is C25H31N7O5. The van der Waals surface area contributed by atoms with E-state index in [1.54, 1.807) is 42.5 Å². The molecule has 0 unspecified atom stereocenters. The minimum atomic E-state index is -0.519. The van der Waals surface area contributed by atoms with Crippen LogP contribution in [0, 0.1) is 10.1 Å². The Bertz CT molecular complexity index is 1250. The van der Waals surface area contributed by atoms with Gasteiger partial charge < -0.3 is 19.7 Å². The van der Waals surface area contributed by atoms with Gasteiger partial charge in [-0.3, -0.25) is 14.8 Å². The van der Waals surface area contributed by atoms with Crippen LogP contribution in [0.5, 0.6) is 5.75 Å². The van der Waals surface area contributed by atoms with Crippen molar-refractivity contribution in [3.8, 4) is 5.75 Å². The fourth-order valence-electron chi connectivity index (χ4n) is 4.02. The first-order valence-corrected chi connectivity index (χ1v) is 12.0. The number of methoxy groups -OCH3 is 1. The summed E-state index contributed by atoms with van der Waals surface area (Å²) >= 11 is 0. The first-order valence-electron chi connectivity index (χ1n) is 12.0. The van der Waals surface area contributed by atoms with Crippen LogP contribution in [-0.2, 0) is 11.2 Å². The van der Waals surface area contributed by atoms with E-state index in [2.05, 4.69) is 20.4 Å². The van der Waals surface area contributed by atoms with Crippen LogP contribution in [0.1, 0.15) is 51.0 Å². The fraction of sp³-hybridized carbons (Fsp3) is 0.440. The van der Waals surface area contributed by atoms with Crippen LogP contribution in [0.4, 0.5) is 22.0 Å². The molecule has 1 N–H and O–H groups in total. The van der Waals surface area contributed by atoms with Crippen LogP contribution < -0.4 is 10.1 Å². The number of nitro groups is 1. The molecule has 12 heteroatoms. The number of rotatable bonds is 7. The van der Waals surface area contributed by atoms with Gasteiger partial charge in [-0.25, -0.2) is 14.8 Å². The Labute approximate surface area is 214 Å². The highest BCUT2D eigenvalue weighted by Gasteiger charge is 2.28. The van der Waals surface area contributed by atoms with Crippen molar-refractivity contribution in [2.45, 2.75) is 51.7 Å². The summed E-state index contributed by atoms with van der Waals surface area (Å²) in [5, 5.41) is 19.0. The third kappa shape index (κ3) is 6.72. The number of nitrogens with zero attached hydrogens (tertiary/aromatic N) is 6. The Morgan fingerprint density at radius 3 is 2.51 bits per heavy atom. The predicted octanol–water partition coefficient (Wildman–Crippen LogP) is 4.50. The van der Waals surface area contributed by atoms with Gasteiger partial charge in [0, 0.05) is 31.4 Å². The summed E-state index contributed by atoms with van der Waals surface area (Å²) < 4.78 is 12.5. The van der Waals surface area contributed by atoms with Crippen molar-refractivity contribution in [3.05, 3.63) is 64.4 Å². The van der Waals surface area contributed by atoms with E-state index < -0.39 is 10.5 Å². The summed E-state index contributed by atoms with van der Waals surface area (Å²) in [5.41, 5.74) is 0.791. The first-order chi connectivity index (χ1) is 17.6. The molecular weight excluding hydrogens is 478 g/mol. The third-order valence-corrected chi connectivity index (χ3v) is 5.88. The predicted molar refractivity (Wildman–Crippen MR) is 136 cm³/mol. The molecule has 1 aliphatic rings. The van der Waals surface area contributed by atoms with E-state index in [4.69, 9.17) is 9.47 Å². The molecule has 3 heterocycles. The molecule has 0 spiro atoms. The molecule has 1 aromatic carbocycles. The molecule has 0 radical (unpaired) electrons. The summed E-state index contributed by atoms with van der Waals surface area (Å²) in [6, 6.07) is 7.17. The number of carbonyl (C=O) groups is 1. The summed E-state index contributed by atoms with van der Waals surface area (Å²) in [4.78, 5) is 33.7. The van der Waals surface area contributed by atoms with Crippen molar-refractivity contribution in [2.24, 2.45) is 0 Å². The second-order valence-corrected chi connectivity index (χ2v) is 9.83. The van der Waals surface area contributed by atoms with E-state index in [-0.39, 0.29) is 23.6 Å². The largest absolute Gasteiger partial charge is 0.497 e. The maximum absolute atomic E-state index is 12.3. The van der Waals surface area contributed by atoms with Gasteiger partial charge in [0.15, 0.2) is 0 Å². The number of likely N-dealkylation sites (tertiary alicyclic amines) is 1. The molecule has 0 saturated carbocycles. The van der Waals surface area contributed by atoms with E-state index in [0.717, 1.165) is 18.4 Å². The third-order valence-electron chi connectivity index (χ3n) is 5.88. The average molecular weight is 510 g/mol. The first kappa shape index (κ1) is 25.9. The lowest BCUT2D eigenvalue weighted by atomic mass is 10.1. The smallest absolute Gasteiger partial charge is 0.410 e. The van der Waals surface area contributed by atoms with Gasteiger partial charge in [0.1, 0.15) is 23.4 Å². The molecule has 1 fully saturated rings.